The molecule has 128 valence electrons. The number of pyridine rings is 1. The maximum atomic E-state index is 12.2. The number of hydrazone groups is 1. The number of aryl methyl sites for hydroxylation is 2. The highest BCUT2D eigenvalue weighted by atomic mass is 35.5. The third-order valence-corrected chi connectivity index (χ3v) is 5.20. The standard InChI is InChI=1S/C18H16ClN3O2S/c1-12-3-6-16(7-4-12)25(23,24)22-20-11-15-10-14-9-13(2)5-8-17(14)21-18(15)19/h3-11,22H,1-2H3/b20-11-. The predicted octanol–water partition coefficient (Wildman–Crippen LogP) is 3.82. The normalized spacial score (nSPS) is 12.0. The smallest absolute Gasteiger partial charge is 0.235 e. The highest BCUT2D eigenvalue weighted by molar-refractivity contribution is 7.89. The predicted molar refractivity (Wildman–Crippen MR) is 101 cm³/mol. The Labute approximate surface area is 151 Å². The molecule has 0 saturated heterocycles. The van der Waals surface area contributed by atoms with Gasteiger partial charge in [-0.2, -0.15) is 13.5 Å². The zero-order valence-electron chi connectivity index (χ0n) is 13.7. The Morgan fingerprint density at radius 3 is 2.44 bits per heavy atom. The summed E-state index contributed by atoms with van der Waals surface area (Å²) >= 11 is 6.15. The number of nitrogens with zero attached hydrogens (tertiary/aromatic N) is 2. The molecule has 0 aliphatic rings. The quantitative estimate of drug-likeness (QED) is 0.429. The summed E-state index contributed by atoms with van der Waals surface area (Å²) in [5.41, 5.74) is 3.38. The molecule has 5 nitrogen and oxygen atoms in total. The van der Waals surface area contributed by atoms with E-state index in [2.05, 4.69) is 14.9 Å². The molecular formula is C18H16ClN3O2S. The van der Waals surface area contributed by atoms with Crippen LogP contribution in [0.2, 0.25) is 5.15 Å². The minimum absolute atomic E-state index is 0.147. The van der Waals surface area contributed by atoms with Crippen LogP contribution < -0.4 is 4.83 Å². The number of aromatic nitrogens is 1. The van der Waals surface area contributed by atoms with Crippen LogP contribution in [-0.4, -0.2) is 19.6 Å². The van der Waals surface area contributed by atoms with Gasteiger partial charge in [-0.05, 0) is 44.2 Å². The van der Waals surface area contributed by atoms with Crippen LogP contribution >= 0.6 is 11.6 Å². The maximum absolute atomic E-state index is 12.2. The van der Waals surface area contributed by atoms with Crippen molar-refractivity contribution in [1.29, 1.82) is 0 Å². The Kier molecular flexibility index (Phi) is 4.74. The van der Waals surface area contributed by atoms with Crippen molar-refractivity contribution in [3.63, 3.8) is 0 Å². The number of hydrogen-bond acceptors (Lipinski definition) is 4. The highest BCUT2D eigenvalue weighted by Crippen LogP contribution is 2.20. The molecule has 3 aromatic rings. The van der Waals surface area contributed by atoms with Gasteiger partial charge in [-0.3, -0.25) is 0 Å². The molecule has 0 bridgehead atoms. The van der Waals surface area contributed by atoms with E-state index in [9.17, 15) is 8.42 Å². The third-order valence-electron chi connectivity index (χ3n) is 3.66. The average molecular weight is 374 g/mol. The molecule has 0 fully saturated rings. The molecule has 0 saturated carbocycles. The van der Waals surface area contributed by atoms with Crippen molar-refractivity contribution in [3.8, 4) is 0 Å². The van der Waals surface area contributed by atoms with Gasteiger partial charge in [-0.1, -0.05) is 40.9 Å². The van der Waals surface area contributed by atoms with Gasteiger partial charge in [0.15, 0.2) is 0 Å². The lowest BCUT2D eigenvalue weighted by Gasteiger charge is -2.05. The molecule has 25 heavy (non-hydrogen) atoms. The van der Waals surface area contributed by atoms with Gasteiger partial charge in [0.05, 0.1) is 16.6 Å². The van der Waals surface area contributed by atoms with Crippen LogP contribution in [0.1, 0.15) is 16.7 Å². The fraction of sp³-hybridized carbons (Fsp3) is 0.111. The maximum Gasteiger partial charge on any atom is 0.276 e. The van der Waals surface area contributed by atoms with Gasteiger partial charge in [-0.15, -0.1) is 0 Å². The van der Waals surface area contributed by atoms with E-state index in [0.29, 0.717) is 5.56 Å². The number of fused-ring (bicyclic) bond motifs is 1. The number of sulfonamides is 1. The van der Waals surface area contributed by atoms with Gasteiger partial charge in [0, 0.05) is 10.9 Å². The molecule has 0 radical (unpaired) electrons. The lowest BCUT2D eigenvalue weighted by Crippen LogP contribution is -2.18. The van der Waals surface area contributed by atoms with Crippen molar-refractivity contribution in [3.05, 3.63) is 70.4 Å². The van der Waals surface area contributed by atoms with Crippen molar-refractivity contribution in [2.24, 2.45) is 5.10 Å². The third kappa shape index (κ3) is 3.97. The van der Waals surface area contributed by atoms with Crippen LogP contribution in [0, 0.1) is 13.8 Å². The van der Waals surface area contributed by atoms with E-state index < -0.39 is 10.0 Å². The Balaban J connectivity index is 1.85. The molecule has 1 N–H and O–H groups in total. The van der Waals surface area contributed by atoms with Crippen molar-refractivity contribution in [1.82, 2.24) is 9.82 Å². The second-order valence-electron chi connectivity index (χ2n) is 5.73. The fourth-order valence-corrected chi connectivity index (χ4v) is 3.30. The second kappa shape index (κ2) is 6.82. The monoisotopic (exact) mass is 373 g/mol. The van der Waals surface area contributed by atoms with E-state index in [-0.39, 0.29) is 10.0 Å². The molecule has 0 aliphatic heterocycles. The Morgan fingerprint density at radius 2 is 1.72 bits per heavy atom. The van der Waals surface area contributed by atoms with E-state index in [1.54, 1.807) is 12.1 Å². The van der Waals surface area contributed by atoms with E-state index in [1.165, 1.54) is 18.3 Å². The van der Waals surface area contributed by atoms with Gasteiger partial charge in [0.2, 0.25) is 0 Å². The van der Waals surface area contributed by atoms with E-state index in [1.807, 2.05) is 38.1 Å². The molecule has 0 atom stereocenters. The molecule has 7 heteroatoms. The number of rotatable bonds is 4. The summed E-state index contributed by atoms with van der Waals surface area (Å²) in [4.78, 5) is 6.63. The van der Waals surface area contributed by atoms with Gasteiger partial charge in [0.25, 0.3) is 10.0 Å². The van der Waals surface area contributed by atoms with Crippen LogP contribution in [0.4, 0.5) is 0 Å². The molecule has 0 spiro atoms. The number of hydrogen-bond donors (Lipinski definition) is 1. The topological polar surface area (TPSA) is 71.4 Å². The lowest BCUT2D eigenvalue weighted by atomic mass is 10.1. The van der Waals surface area contributed by atoms with Crippen LogP contribution in [-0.2, 0) is 10.0 Å². The Morgan fingerprint density at radius 1 is 1.04 bits per heavy atom. The van der Waals surface area contributed by atoms with Crippen molar-refractivity contribution >= 4 is 38.7 Å². The summed E-state index contributed by atoms with van der Waals surface area (Å²) in [5.74, 6) is 0. The van der Waals surface area contributed by atoms with Gasteiger partial charge in [-0.25, -0.2) is 9.82 Å². The zero-order valence-corrected chi connectivity index (χ0v) is 15.3. The van der Waals surface area contributed by atoms with E-state index in [0.717, 1.165) is 22.0 Å². The van der Waals surface area contributed by atoms with Gasteiger partial charge >= 0.3 is 0 Å². The first-order valence-corrected chi connectivity index (χ1v) is 9.40. The molecule has 2 aromatic carbocycles. The number of halogens is 1. The van der Waals surface area contributed by atoms with Crippen LogP contribution in [0.15, 0.2) is 58.5 Å². The Hall–Kier alpha value is -2.44. The summed E-state index contributed by atoms with van der Waals surface area (Å²) in [6.07, 6.45) is 1.35. The van der Waals surface area contributed by atoms with Gasteiger partial charge < -0.3 is 0 Å². The first-order chi connectivity index (χ1) is 11.8. The number of nitrogens with one attached hydrogen (secondary N) is 1. The second-order valence-corrected chi connectivity index (χ2v) is 7.75. The SMILES string of the molecule is Cc1ccc(S(=O)(=O)N/N=C\c2cc3cc(C)ccc3nc2Cl)cc1. The highest BCUT2D eigenvalue weighted by Gasteiger charge is 2.12. The minimum Gasteiger partial charge on any atom is -0.235 e. The fourth-order valence-electron chi connectivity index (χ4n) is 2.31. The van der Waals surface area contributed by atoms with Crippen molar-refractivity contribution < 1.29 is 8.42 Å². The summed E-state index contributed by atoms with van der Waals surface area (Å²) < 4.78 is 24.4. The molecule has 3 rings (SSSR count). The molecule has 0 aliphatic carbocycles. The van der Waals surface area contributed by atoms with Crippen molar-refractivity contribution in [2.45, 2.75) is 18.7 Å². The van der Waals surface area contributed by atoms with Gasteiger partial charge in [0.1, 0.15) is 5.15 Å². The lowest BCUT2D eigenvalue weighted by molar-refractivity contribution is 0.584. The largest absolute Gasteiger partial charge is 0.276 e. The summed E-state index contributed by atoms with van der Waals surface area (Å²) in [5, 5.41) is 4.98. The van der Waals surface area contributed by atoms with E-state index in [4.69, 9.17) is 11.6 Å². The minimum atomic E-state index is -3.72. The van der Waals surface area contributed by atoms with E-state index >= 15 is 0 Å². The summed E-state index contributed by atoms with van der Waals surface area (Å²) in [7, 11) is -3.72. The zero-order chi connectivity index (χ0) is 18.0. The molecule has 1 aromatic heterocycles. The van der Waals surface area contributed by atoms with Crippen LogP contribution in [0.25, 0.3) is 10.9 Å². The average Bonchev–Trinajstić information content (AvgIpc) is 2.56. The molecule has 0 amide bonds. The molecule has 1 heterocycles. The molecular weight excluding hydrogens is 358 g/mol. The Bertz CT molecular complexity index is 1060. The number of benzene rings is 2. The van der Waals surface area contributed by atoms with Crippen LogP contribution in [0.3, 0.4) is 0 Å². The van der Waals surface area contributed by atoms with Crippen molar-refractivity contribution in [2.75, 3.05) is 0 Å². The summed E-state index contributed by atoms with van der Waals surface area (Å²) in [6, 6.07) is 14.1. The first-order valence-electron chi connectivity index (χ1n) is 7.54. The first kappa shape index (κ1) is 17.4. The van der Waals surface area contributed by atoms with Crippen LogP contribution in [0.5, 0.6) is 0 Å². The molecule has 0 unspecified atom stereocenters. The summed E-state index contributed by atoms with van der Waals surface area (Å²) in [6.45, 7) is 3.87.